The summed E-state index contributed by atoms with van der Waals surface area (Å²) in [5.74, 6) is 6.78. The average Bonchev–Trinajstić information content (AvgIpc) is 2.46. The van der Waals surface area contributed by atoms with Gasteiger partial charge in [0.15, 0.2) is 0 Å². The summed E-state index contributed by atoms with van der Waals surface area (Å²) in [6.07, 6.45) is 0.744. The summed E-state index contributed by atoms with van der Waals surface area (Å²) in [5.41, 5.74) is 8.26. The molecule has 98 valence electrons. The molecule has 0 heterocycles. The van der Waals surface area contributed by atoms with Crippen LogP contribution in [0.4, 0.5) is 17.1 Å². The van der Waals surface area contributed by atoms with Crippen LogP contribution in [-0.4, -0.2) is 13.4 Å². The summed E-state index contributed by atoms with van der Waals surface area (Å²) in [6, 6.07) is 12.2. The van der Waals surface area contributed by atoms with Gasteiger partial charge in [-0.25, -0.2) is 5.84 Å². The Morgan fingerprint density at radius 2 is 1.84 bits per heavy atom. The highest BCUT2D eigenvalue weighted by Crippen LogP contribution is 2.29. The number of anilines is 3. The van der Waals surface area contributed by atoms with E-state index in [1.54, 1.807) is 25.3 Å². The SMILES string of the molecule is COc1ccc(N(N)c2ccc(C=O)cc2N)cc1. The summed E-state index contributed by atoms with van der Waals surface area (Å²) < 4.78 is 5.09. The molecular weight excluding hydrogens is 242 g/mol. The molecule has 0 aliphatic carbocycles. The van der Waals surface area contributed by atoms with E-state index in [0.717, 1.165) is 17.7 Å². The van der Waals surface area contributed by atoms with E-state index in [0.29, 0.717) is 16.9 Å². The number of rotatable bonds is 4. The number of aldehydes is 1. The summed E-state index contributed by atoms with van der Waals surface area (Å²) in [5, 5.41) is 1.46. The number of nitrogen functional groups attached to an aromatic ring is 1. The number of hydrogen-bond acceptors (Lipinski definition) is 5. The fourth-order valence-electron chi connectivity index (χ4n) is 1.75. The molecule has 0 radical (unpaired) electrons. The van der Waals surface area contributed by atoms with Gasteiger partial charge in [0.05, 0.1) is 24.2 Å². The molecule has 0 bridgehead atoms. The Bertz CT molecular complexity index is 582. The van der Waals surface area contributed by atoms with Crippen LogP contribution in [0.15, 0.2) is 42.5 Å². The second-order valence-corrected chi connectivity index (χ2v) is 4.00. The molecule has 2 rings (SSSR count). The number of ether oxygens (including phenoxy) is 1. The third-order valence-electron chi connectivity index (χ3n) is 2.80. The van der Waals surface area contributed by atoms with Gasteiger partial charge < -0.3 is 10.5 Å². The van der Waals surface area contributed by atoms with Crippen LogP contribution in [0.5, 0.6) is 5.75 Å². The zero-order valence-corrected chi connectivity index (χ0v) is 10.5. The normalized spacial score (nSPS) is 10.0. The van der Waals surface area contributed by atoms with Gasteiger partial charge in [0.2, 0.25) is 0 Å². The van der Waals surface area contributed by atoms with E-state index in [2.05, 4.69) is 0 Å². The second-order valence-electron chi connectivity index (χ2n) is 4.00. The van der Waals surface area contributed by atoms with Gasteiger partial charge in [0, 0.05) is 5.56 Å². The van der Waals surface area contributed by atoms with Crippen LogP contribution in [0.25, 0.3) is 0 Å². The maximum absolute atomic E-state index is 10.7. The van der Waals surface area contributed by atoms with Gasteiger partial charge in [0.25, 0.3) is 0 Å². The lowest BCUT2D eigenvalue weighted by Gasteiger charge is -2.20. The first-order chi connectivity index (χ1) is 9.15. The summed E-state index contributed by atoms with van der Waals surface area (Å²) in [4.78, 5) is 10.7. The molecule has 0 amide bonds. The van der Waals surface area contributed by atoms with E-state index < -0.39 is 0 Å². The number of hydrazine groups is 1. The van der Waals surface area contributed by atoms with Crippen molar-refractivity contribution in [1.29, 1.82) is 0 Å². The van der Waals surface area contributed by atoms with Gasteiger partial charge in [0.1, 0.15) is 12.0 Å². The first-order valence-electron chi connectivity index (χ1n) is 5.69. The molecule has 0 fully saturated rings. The number of nitrogens with zero attached hydrogens (tertiary/aromatic N) is 1. The van der Waals surface area contributed by atoms with E-state index in [-0.39, 0.29) is 0 Å². The fourth-order valence-corrected chi connectivity index (χ4v) is 1.75. The zero-order chi connectivity index (χ0) is 13.8. The van der Waals surface area contributed by atoms with Crippen LogP contribution in [0.1, 0.15) is 10.4 Å². The third kappa shape index (κ3) is 2.66. The van der Waals surface area contributed by atoms with Gasteiger partial charge in [-0.15, -0.1) is 0 Å². The molecule has 0 aliphatic rings. The number of methoxy groups -OCH3 is 1. The lowest BCUT2D eigenvalue weighted by molar-refractivity contribution is 0.112. The Labute approximate surface area is 111 Å². The molecule has 19 heavy (non-hydrogen) atoms. The van der Waals surface area contributed by atoms with Crippen LogP contribution in [0.2, 0.25) is 0 Å². The third-order valence-corrected chi connectivity index (χ3v) is 2.80. The van der Waals surface area contributed by atoms with Crippen molar-refractivity contribution < 1.29 is 9.53 Å². The Morgan fingerprint density at radius 3 is 2.37 bits per heavy atom. The molecule has 0 aromatic heterocycles. The molecule has 0 unspecified atom stereocenters. The fraction of sp³-hybridized carbons (Fsp3) is 0.0714. The molecule has 0 aliphatic heterocycles. The Balaban J connectivity index is 2.32. The van der Waals surface area contributed by atoms with Crippen LogP contribution < -0.4 is 21.3 Å². The number of carbonyl (C=O) groups excluding carboxylic acids is 1. The highest BCUT2D eigenvalue weighted by Gasteiger charge is 2.09. The summed E-state index contributed by atoms with van der Waals surface area (Å²) in [6.45, 7) is 0. The van der Waals surface area contributed by atoms with Gasteiger partial charge in [-0.05, 0) is 42.5 Å². The molecule has 5 heteroatoms. The summed E-state index contributed by atoms with van der Waals surface area (Å²) >= 11 is 0. The predicted octanol–water partition coefficient (Wildman–Crippen LogP) is 2.10. The molecular formula is C14H15N3O2. The average molecular weight is 257 g/mol. The van der Waals surface area contributed by atoms with Crippen molar-refractivity contribution in [3.05, 3.63) is 48.0 Å². The molecule has 0 atom stereocenters. The van der Waals surface area contributed by atoms with Crippen LogP contribution in [0.3, 0.4) is 0 Å². The minimum Gasteiger partial charge on any atom is -0.497 e. The minimum absolute atomic E-state index is 0.447. The van der Waals surface area contributed by atoms with Crippen molar-refractivity contribution in [2.24, 2.45) is 5.84 Å². The quantitative estimate of drug-likeness (QED) is 0.379. The number of nitrogens with two attached hydrogens (primary N) is 2. The van der Waals surface area contributed by atoms with Gasteiger partial charge in [-0.1, -0.05) is 0 Å². The number of hydrogen-bond donors (Lipinski definition) is 2. The van der Waals surface area contributed by atoms with Crippen molar-refractivity contribution >= 4 is 23.3 Å². The van der Waals surface area contributed by atoms with Crippen LogP contribution in [0, 0.1) is 0 Å². The lowest BCUT2D eigenvalue weighted by atomic mass is 10.1. The van der Waals surface area contributed by atoms with Gasteiger partial charge in [-0.3, -0.25) is 9.80 Å². The van der Waals surface area contributed by atoms with Crippen molar-refractivity contribution in [2.75, 3.05) is 17.9 Å². The first-order valence-corrected chi connectivity index (χ1v) is 5.69. The van der Waals surface area contributed by atoms with Crippen LogP contribution >= 0.6 is 0 Å². The molecule has 0 saturated heterocycles. The Kier molecular flexibility index (Phi) is 3.68. The van der Waals surface area contributed by atoms with Crippen molar-refractivity contribution in [3.63, 3.8) is 0 Å². The van der Waals surface area contributed by atoms with E-state index >= 15 is 0 Å². The molecule has 5 nitrogen and oxygen atoms in total. The minimum atomic E-state index is 0.447. The maximum atomic E-state index is 10.7. The number of benzene rings is 2. The number of carbonyl (C=O) groups is 1. The summed E-state index contributed by atoms with van der Waals surface area (Å²) in [7, 11) is 1.60. The van der Waals surface area contributed by atoms with Crippen molar-refractivity contribution in [2.45, 2.75) is 0 Å². The maximum Gasteiger partial charge on any atom is 0.150 e. The standard InChI is InChI=1S/C14H15N3O2/c1-19-12-5-3-11(4-6-12)17(16)14-7-2-10(9-18)8-13(14)15/h2-9H,15-16H2,1H3. The van der Waals surface area contributed by atoms with E-state index in [9.17, 15) is 4.79 Å². The van der Waals surface area contributed by atoms with Crippen molar-refractivity contribution in [3.8, 4) is 5.75 Å². The molecule has 2 aromatic rings. The van der Waals surface area contributed by atoms with E-state index in [4.69, 9.17) is 16.3 Å². The predicted molar refractivity (Wildman–Crippen MR) is 75.6 cm³/mol. The molecule has 2 aromatic carbocycles. The van der Waals surface area contributed by atoms with Crippen molar-refractivity contribution in [1.82, 2.24) is 0 Å². The monoisotopic (exact) mass is 257 g/mol. The highest BCUT2D eigenvalue weighted by atomic mass is 16.5. The van der Waals surface area contributed by atoms with E-state index in [1.807, 2.05) is 24.3 Å². The smallest absolute Gasteiger partial charge is 0.150 e. The molecule has 4 N–H and O–H groups in total. The van der Waals surface area contributed by atoms with Gasteiger partial charge in [-0.2, -0.15) is 0 Å². The highest BCUT2D eigenvalue weighted by molar-refractivity contribution is 5.82. The largest absolute Gasteiger partial charge is 0.497 e. The van der Waals surface area contributed by atoms with E-state index in [1.165, 1.54) is 5.01 Å². The molecule has 0 spiro atoms. The zero-order valence-electron chi connectivity index (χ0n) is 10.5. The molecule has 0 saturated carbocycles. The van der Waals surface area contributed by atoms with Gasteiger partial charge >= 0.3 is 0 Å². The first kappa shape index (κ1) is 12.9. The lowest BCUT2D eigenvalue weighted by Crippen LogP contribution is -2.25. The Hall–Kier alpha value is -2.53. The Morgan fingerprint density at radius 1 is 1.16 bits per heavy atom. The topological polar surface area (TPSA) is 81.6 Å². The second kappa shape index (κ2) is 5.41. The van der Waals surface area contributed by atoms with Crippen LogP contribution in [-0.2, 0) is 0 Å².